The number of hydrogen-bond donors (Lipinski definition) is 0. The largest absolute Gasteiger partial charge is 0.377 e. The highest BCUT2D eigenvalue weighted by atomic mass is 16.5. The minimum atomic E-state index is 0.108. The van der Waals surface area contributed by atoms with Gasteiger partial charge in [-0.15, -0.1) is 0 Å². The Bertz CT molecular complexity index is 2090. The highest BCUT2D eigenvalue weighted by Gasteiger charge is 2.51. The van der Waals surface area contributed by atoms with E-state index in [1.807, 2.05) is 0 Å². The fourth-order valence-corrected chi connectivity index (χ4v) is 21.9. The van der Waals surface area contributed by atoms with Crippen molar-refractivity contribution in [2.24, 2.45) is 21.7 Å². The molecule has 0 bridgehead atoms. The number of likely N-dealkylation sites (tertiary alicyclic amines) is 9. The van der Waals surface area contributed by atoms with Crippen LogP contribution < -0.4 is 0 Å². The van der Waals surface area contributed by atoms with Crippen molar-refractivity contribution in [3.63, 3.8) is 0 Å². The zero-order chi connectivity index (χ0) is 68.6. The van der Waals surface area contributed by atoms with Gasteiger partial charge in [0.1, 0.15) is 11.4 Å². The molecule has 0 amide bonds. The first-order chi connectivity index (χ1) is 45.1. The summed E-state index contributed by atoms with van der Waals surface area (Å²) < 4.78 is 17.5. The summed E-state index contributed by atoms with van der Waals surface area (Å²) in [7, 11) is 20.4. The second-order valence-corrected chi connectivity index (χ2v) is 37.5. The van der Waals surface area contributed by atoms with Gasteiger partial charge >= 0.3 is 0 Å². The lowest BCUT2D eigenvalue weighted by molar-refractivity contribution is -0.203. The maximum atomic E-state index is 6.10. The molecule has 12 saturated heterocycles. The first-order valence-electron chi connectivity index (χ1n) is 41.4. The molecular formula is C83H159N9O3. The fraction of sp³-hybridized carbons (Fsp3) is 1.00. The van der Waals surface area contributed by atoms with Crippen LogP contribution in [-0.2, 0) is 14.2 Å². The highest BCUT2D eigenvalue weighted by molar-refractivity contribution is 5.03. The Morgan fingerprint density at radius 1 is 0.295 bits per heavy atom. The summed E-state index contributed by atoms with van der Waals surface area (Å²) in [5, 5.41) is 0. The molecule has 16 fully saturated rings. The number of hydrogen-bond acceptors (Lipinski definition) is 12. The summed E-state index contributed by atoms with van der Waals surface area (Å²) >= 11 is 0. The Morgan fingerprint density at radius 3 is 1.04 bits per heavy atom. The minimum absolute atomic E-state index is 0.108. The Hall–Kier alpha value is -0.480. The monoisotopic (exact) mass is 1330 g/mol. The molecule has 0 N–H and O–H groups in total. The van der Waals surface area contributed by atoms with Crippen LogP contribution in [0.15, 0.2) is 0 Å². The van der Waals surface area contributed by atoms with Gasteiger partial charge in [-0.2, -0.15) is 0 Å². The van der Waals surface area contributed by atoms with Gasteiger partial charge in [0.15, 0.2) is 0 Å². The predicted octanol–water partition coefficient (Wildman–Crippen LogP) is 17.1. The van der Waals surface area contributed by atoms with Crippen molar-refractivity contribution in [2.75, 3.05) is 116 Å². The Labute approximate surface area is 589 Å². The average Bonchev–Trinajstić information content (AvgIpc) is 1.05. The third kappa shape index (κ3) is 18.9. The second-order valence-electron chi connectivity index (χ2n) is 37.5. The van der Waals surface area contributed by atoms with Gasteiger partial charge in [0.05, 0.1) is 18.8 Å². The van der Waals surface area contributed by atoms with Crippen LogP contribution in [0, 0.1) is 21.7 Å². The lowest BCUT2D eigenvalue weighted by Gasteiger charge is -2.54. The van der Waals surface area contributed by atoms with E-state index in [1.54, 1.807) is 0 Å². The molecule has 16 rings (SSSR count). The second kappa shape index (κ2) is 34.0. The van der Waals surface area contributed by atoms with Crippen LogP contribution in [0.5, 0.6) is 0 Å². The molecule has 0 radical (unpaired) electrons. The van der Waals surface area contributed by atoms with Gasteiger partial charge in [0.2, 0.25) is 0 Å². The van der Waals surface area contributed by atoms with E-state index in [1.165, 1.54) is 283 Å². The van der Waals surface area contributed by atoms with Crippen LogP contribution in [0.3, 0.4) is 0 Å². The maximum Gasteiger partial charge on any atom is 0.122 e. The molecule has 554 valence electrons. The van der Waals surface area contributed by atoms with Crippen LogP contribution in [-0.4, -0.2) is 243 Å². The third-order valence-electron chi connectivity index (χ3n) is 31.2. The lowest BCUT2D eigenvalue weighted by Crippen LogP contribution is -2.60. The quantitative estimate of drug-likeness (QED) is 0.232. The Balaban J connectivity index is 0.000000128. The van der Waals surface area contributed by atoms with Gasteiger partial charge in [0.25, 0.3) is 0 Å². The molecule has 0 aromatic rings. The van der Waals surface area contributed by atoms with Crippen LogP contribution in [0.1, 0.15) is 313 Å². The van der Waals surface area contributed by atoms with E-state index in [9.17, 15) is 0 Å². The molecule has 12 heterocycles. The van der Waals surface area contributed by atoms with Crippen LogP contribution in [0.2, 0.25) is 0 Å². The first-order valence-corrected chi connectivity index (χ1v) is 41.4. The van der Waals surface area contributed by atoms with E-state index in [2.05, 4.69) is 177 Å². The van der Waals surface area contributed by atoms with E-state index in [0.717, 1.165) is 65.7 Å². The Kier molecular flexibility index (Phi) is 28.1. The molecule has 12 nitrogen and oxygen atoms in total. The fourth-order valence-electron chi connectivity index (χ4n) is 21.9. The molecule has 14 atom stereocenters. The van der Waals surface area contributed by atoms with Crippen molar-refractivity contribution in [3.8, 4) is 0 Å². The molecule has 0 aromatic heterocycles. The number of rotatable bonds is 0. The molecular weight excluding hydrogens is 1170 g/mol. The first kappa shape index (κ1) is 78.7. The summed E-state index contributed by atoms with van der Waals surface area (Å²) in [6.45, 7) is 33.0. The van der Waals surface area contributed by atoms with E-state index >= 15 is 0 Å². The van der Waals surface area contributed by atoms with Crippen molar-refractivity contribution in [1.82, 2.24) is 44.1 Å². The molecule has 95 heavy (non-hydrogen) atoms. The van der Waals surface area contributed by atoms with E-state index in [0.29, 0.717) is 40.8 Å². The summed E-state index contributed by atoms with van der Waals surface area (Å²) in [6, 6.07) is 6.29. The third-order valence-corrected chi connectivity index (χ3v) is 31.2. The van der Waals surface area contributed by atoms with E-state index in [4.69, 9.17) is 14.2 Å². The van der Waals surface area contributed by atoms with E-state index in [-0.39, 0.29) is 11.4 Å². The van der Waals surface area contributed by atoms with Crippen molar-refractivity contribution < 1.29 is 14.2 Å². The summed E-state index contributed by atoms with van der Waals surface area (Å²) in [5.41, 5.74) is 4.27. The van der Waals surface area contributed by atoms with Crippen molar-refractivity contribution in [1.29, 1.82) is 0 Å². The van der Waals surface area contributed by atoms with Gasteiger partial charge in [-0.05, 0) is 355 Å². The predicted molar refractivity (Wildman–Crippen MR) is 403 cm³/mol. The van der Waals surface area contributed by atoms with Crippen molar-refractivity contribution in [3.05, 3.63) is 0 Å². The normalized spacial score (nSPS) is 41.6. The van der Waals surface area contributed by atoms with Crippen molar-refractivity contribution >= 4 is 0 Å². The smallest absolute Gasteiger partial charge is 0.122 e. The average molecular weight is 1330 g/mol. The number of nitrogens with zero attached hydrogens (tertiary/aromatic N) is 9. The highest BCUT2D eigenvalue weighted by Crippen LogP contribution is 2.52. The maximum absolute atomic E-state index is 6.10. The molecule has 16 aliphatic rings. The zero-order valence-corrected chi connectivity index (χ0v) is 66.6. The summed E-state index contributed by atoms with van der Waals surface area (Å²) in [4.78, 5) is 22.8. The van der Waals surface area contributed by atoms with Gasteiger partial charge in [0, 0.05) is 104 Å². The van der Waals surface area contributed by atoms with Crippen LogP contribution in [0.25, 0.3) is 0 Å². The van der Waals surface area contributed by atoms with Crippen LogP contribution in [0.4, 0.5) is 0 Å². The lowest BCUT2D eigenvalue weighted by atomic mass is 9.63. The zero-order valence-electron chi connectivity index (χ0n) is 66.6. The topological polar surface area (TPSA) is 56.9 Å². The van der Waals surface area contributed by atoms with Gasteiger partial charge in [-0.25, -0.2) is 0 Å². The summed E-state index contributed by atoms with van der Waals surface area (Å²) in [5.74, 6) is 0. The minimum Gasteiger partial charge on any atom is -0.377 e. The standard InChI is InChI=1S/C11H22N2.C11H21NO.C11H21N.2C10H19NO.3C10H19N/c1-10-5-4-6-11(13(10)3)7-8-12(2)9-11;1-9-5-4-7-11(12(9)3)8-6-10(2)13-11;1-10-6-5-9-11(12(10)2)7-3-4-8-11;1-8-4-5-10(6-11(8)3)7-12-9(10)2;1-9-5-3-6-10(11(9)2)7-4-8-12-10;3*1-9-4-7-10(5-3-6-10)8-11(9)2/h10H,4-9H2,1-3H3;9-10H,4-8H2,1-3H3;10H,3-9H2,1-2H3;8-9H,4-7H2,1-3H3;9H,3-8H2,1-2H3;3*9H,3-8H2,1-2H3. The van der Waals surface area contributed by atoms with Crippen LogP contribution >= 0.6 is 0 Å². The van der Waals surface area contributed by atoms with E-state index < -0.39 is 0 Å². The molecule has 14 unspecified atom stereocenters. The molecule has 8 spiro atoms. The van der Waals surface area contributed by atoms with Gasteiger partial charge < -0.3 is 38.7 Å². The van der Waals surface area contributed by atoms with Gasteiger partial charge in [-0.3, -0.25) is 19.6 Å². The molecule has 12 heteroatoms. The molecule has 12 aliphatic heterocycles. The number of ether oxygens (including phenoxy) is 3. The molecule has 0 aromatic carbocycles. The SMILES string of the molecule is CC1CCC2(CCC2)CN1C.CC1CCC2(CCC2)CN1C.CC1CCC2(CCC2)CN1C.CC1CCC2(CCCC(C)N2C)O1.CC1CCC2(COC2C)CN1C.CC1CCCC2(CCCC2)N1C.CC1CCCC2(CCCO2)N1C.CC1CCCC2(CCN(C)C2)N1C. The molecule has 4 saturated carbocycles. The number of piperidine rings is 8. The number of likely N-dealkylation sites (N-methyl/N-ethyl adjacent to an activating group) is 2. The molecule has 4 aliphatic carbocycles. The Morgan fingerprint density at radius 2 is 0.684 bits per heavy atom. The van der Waals surface area contributed by atoms with Crippen molar-refractivity contribution in [2.45, 2.75) is 396 Å². The van der Waals surface area contributed by atoms with Gasteiger partial charge in [-0.1, -0.05) is 44.9 Å². The summed E-state index contributed by atoms with van der Waals surface area (Å²) in [6.07, 6.45) is 54.5.